The number of amidine groups is 1. The van der Waals surface area contributed by atoms with E-state index in [4.69, 9.17) is 11.1 Å². The molecule has 2 rings (SSSR count). The maximum Gasteiger partial charge on any atom is 0.123 e. The van der Waals surface area contributed by atoms with Crippen LogP contribution in [0.3, 0.4) is 0 Å². The SMILES string of the molecule is N=C(N)c1cccc2c1CC2O. The highest BCUT2D eigenvalue weighted by Gasteiger charge is 2.26. The lowest BCUT2D eigenvalue weighted by atomic mass is 9.82. The molecular weight excluding hydrogens is 152 g/mol. The number of nitrogens with one attached hydrogen (secondary N) is 1. The van der Waals surface area contributed by atoms with Gasteiger partial charge in [0, 0.05) is 12.0 Å². The Hall–Kier alpha value is -1.35. The minimum absolute atomic E-state index is 0.0822. The van der Waals surface area contributed by atoms with Gasteiger partial charge in [-0.1, -0.05) is 18.2 Å². The zero-order chi connectivity index (χ0) is 8.72. The second kappa shape index (κ2) is 2.32. The van der Waals surface area contributed by atoms with Gasteiger partial charge in [-0.15, -0.1) is 0 Å². The van der Waals surface area contributed by atoms with Gasteiger partial charge in [-0.3, -0.25) is 5.41 Å². The van der Waals surface area contributed by atoms with Crippen molar-refractivity contribution in [2.45, 2.75) is 12.5 Å². The van der Waals surface area contributed by atoms with Crippen LogP contribution < -0.4 is 5.73 Å². The number of nitrogen functional groups attached to an aromatic ring is 1. The van der Waals surface area contributed by atoms with Crippen molar-refractivity contribution in [3.8, 4) is 0 Å². The van der Waals surface area contributed by atoms with Crippen LogP contribution in [0, 0.1) is 5.41 Å². The molecule has 0 saturated heterocycles. The molecule has 0 aromatic heterocycles. The molecule has 0 aliphatic heterocycles. The Kier molecular flexibility index (Phi) is 1.41. The van der Waals surface area contributed by atoms with Gasteiger partial charge in [0.25, 0.3) is 0 Å². The normalized spacial score (nSPS) is 19.6. The van der Waals surface area contributed by atoms with Crippen molar-refractivity contribution < 1.29 is 5.11 Å². The summed E-state index contributed by atoms with van der Waals surface area (Å²) in [4.78, 5) is 0. The van der Waals surface area contributed by atoms with Crippen LogP contribution in [0.25, 0.3) is 0 Å². The Labute approximate surface area is 70.3 Å². The van der Waals surface area contributed by atoms with Crippen LogP contribution in [0.4, 0.5) is 0 Å². The molecule has 62 valence electrons. The molecule has 1 atom stereocenters. The van der Waals surface area contributed by atoms with E-state index in [-0.39, 0.29) is 11.9 Å². The number of aliphatic hydroxyl groups is 1. The van der Waals surface area contributed by atoms with E-state index in [1.54, 1.807) is 0 Å². The smallest absolute Gasteiger partial charge is 0.123 e. The van der Waals surface area contributed by atoms with Gasteiger partial charge in [0.05, 0.1) is 6.10 Å². The van der Waals surface area contributed by atoms with Crippen LogP contribution in [0.15, 0.2) is 18.2 Å². The standard InChI is InChI=1S/C9H10N2O/c10-9(11)6-3-1-2-5-7(6)4-8(5)12/h1-3,8,12H,4H2,(H3,10,11). The minimum Gasteiger partial charge on any atom is -0.388 e. The van der Waals surface area contributed by atoms with Crippen molar-refractivity contribution in [3.05, 3.63) is 34.9 Å². The van der Waals surface area contributed by atoms with Crippen LogP contribution in [-0.2, 0) is 6.42 Å². The van der Waals surface area contributed by atoms with Gasteiger partial charge in [-0.2, -0.15) is 0 Å². The molecule has 12 heavy (non-hydrogen) atoms. The molecule has 1 aromatic rings. The summed E-state index contributed by atoms with van der Waals surface area (Å²) in [7, 11) is 0. The molecule has 0 amide bonds. The minimum atomic E-state index is -0.348. The van der Waals surface area contributed by atoms with Crippen molar-refractivity contribution in [1.82, 2.24) is 0 Å². The number of nitrogens with two attached hydrogens (primary N) is 1. The first-order valence-electron chi connectivity index (χ1n) is 3.84. The van der Waals surface area contributed by atoms with Crippen molar-refractivity contribution in [2.75, 3.05) is 0 Å². The first kappa shape index (κ1) is 7.31. The number of hydrogen-bond acceptors (Lipinski definition) is 2. The van der Waals surface area contributed by atoms with Crippen LogP contribution >= 0.6 is 0 Å². The highest BCUT2D eigenvalue weighted by atomic mass is 16.3. The zero-order valence-corrected chi connectivity index (χ0v) is 6.54. The topological polar surface area (TPSA) is 70.1 Å². The second-order valence-electron chi connectivity index (χ2n) is 3.01. The average molecular weight is 162 g/mol. The summed E-state index contributed by atoms with van der Waals surface area (Å²) in [6, 6.07) is 5.50. The number of hydrogen-bond donors (Lipinski definition) is 3. The van der Waals surface area contributed by atoms with Gasteiger partial charge in [-0.25, -0.2) is 0 Å². The summed E-state index contributed by atoms with van der Waals surface area (Å²) in [5.41, 5.74) is 8.07. The van der Waals surface area contributed by atoms with Crippen molar-refractivity contribution in [2.24, 2.45) is 5.73 Å². The van der Waals surface area contributed by atoms with E-state index >= 15 is 0 Å². The second-order valence-corrected chi connectivity index (χ2v) is 3.01. The molecule has 0 spiro atoms. The molecule has 3 heteroatoms. The molecular formula is C9H10N2O. The van der Waals surface area contributed by atoms with E-state index in [1.807, 2.05) is 18.2 Å². The summed E-state index contributed by atoms with van der Waals surface area (Å²) in [5, 5.41) is 16.6. The summed E-state index contributed by atoms with van der Waals surface area (Å²) >= 11 is 0. The van der Waals surface area contributed by atoms with Gasteiger partial charge < -0.3 is 10.8 Å². The summed E-state index contributed by atoms with van der Waals surface area (Å²) in [5.74, 6) is 0.0822. The summed E-state index contributed by atoms with van der Waals surface area (Å²) < 4.78 is 0. The lowest BCUT2D eigenvalue weighted by Gasteiger charge is -2.27. The lowest BCUT2D eigenvalue weighted by Crippen LogP contribution is -2.23. The summed E-state index contributed by atoms with van der Waals surface area (Å²) in [6.07, 6.45) is 0.282. The van der Waals surface area contributed by atoms with Crippen LogP contribution in [-0.4, -0.2) is 10.9 Å². The maximum absolute atomic E-state index is 9.30. The fourth-order valence-corrected chi connectivity index (χ4v) is 1.57. The number of fused-ring (bicyclic) bond motifs is 1. The van der Waals surface area contributed by atoms with Crippen LogP contribution in [0.2, 0.25) is 0 Å². The largest absolute Gasteiger partial charge is 0.388 e. The Morgan fingerprint density at radius 3 is 2.92 bits per heavy atom. The number of rotatable bonds is 1. The summed E-state index contributed by atoms with van der Waals surface area (Å²) in [6.45, 7) is 0. The van der Waals surface area contributed by atoms with Gasteiger partial charge in [0.1, 0.15) is 5.84 Å². The number of benzene rings is 1. The van der Waals surface area contributed by atoms with Crippen molar-refractivity contribution in [1.29, 1.82) is 5.41 Å². The van der Waals surface area contributed by atoms with Gasteiger partial charge in [0.2, 0.25) is 0 Å². The van der Waals surface area contributed by atoms with E-state index < -0.39 is 0 Å². The Balaban J connectivity index is 2.53. The quantitative estimate of drug-likeness (QED) is 0.417. The molecule has 1 aliphatic rings. The number of aliphatic hydroxyl groups excluding tert-OH is 1. The Morgan fingerprint density at radius 2 is 2.33 bits per heavy atom. The highest BCUT2D eigenvalue weighted by Crippen LogP contribution is 2.34. The third-order valence-corrected chi connectivity index (χ3v) is 2.26. The molecule has 0 saturated carbocycles. The predicted octanol–water partition coefficient (Wildman–Crippen LogP) is 0.560. The molecule has 0 heterocycles. The predicted molar refractivity (Wildman–Crippen MR) is 46.1 cm³/mol. The molecule has 0 radical (unpaired) electrons. The Morgan fingerprint density at radius 1 is 1.58 bits per heavy atom. The molecule has 4 N–H and O–H groups in total. The van der Waals surface area contributed by atoms with E-state index in [0.717, 1.165) is 16.7 Å². The van der Waals surface area contributed by atoms with Gasteiger partial charge in [0.15, 0.2) is 0 Å². The van der Waals surface area contributed by atoms with Gasteiger partial charge >= 0.3 is 0 Å². The van der Waals surface area contributed by atoms with E-state index in [0.29, 0.717) is 6.42 Å². The third-order valence-electron chi connectivity index (χ3n) is 2.26. The van der Waals surface area contributed by atoms with Crippen molar-refractivity contribution >= 4 is 5.84 Å². The first-order chi connectivity index (χ1) is 5.70. The maximum atomic E-state index is 9.30. The molecule has 1 aromatic carbocycles. The van der Waals surface area contributed by atoms with E-state index in [1.165, 1.54) is 0 Å². The highest BCUT2D eigenvalue weighted by molar-refractivity contribution is 5.97. The zero-order valence-electron chi connectivity index (χ0n) is 6.54. The fourth-order valence-electron chi connectivity index (χ4n) is 1.57. The van der Waals surface area contributed by atoms with Gasteiger partial charge in [-0.05, 0) is 11.1 Å². The molecule has 3 nitrogen and oxygen atoms in total. The monoisotopic (exact) mass is 162 g/mol. The fraction of sp³-hybridized carbons (Fsp3) is 0.222. The third kappa shape index (κ3) is 0.833. The van der Waals surface area contributed by atoms with E-state index in [9.17, 15) is 5.11 Å². The van der Waals surface area contributed by atoms with E-state index in [2.05, 4.69) is 0 Å². The lowest BCUT2D eigenvalue weighted by molar-refractivity contribution is 0.153. The molecule has 0 fully saturated rings. The van der Waals surface area contributed by atoms with Crippen LogP contribution in [0.5, 0.6) is 0 Å². The molecule has 1 unspecified atom stereocenters. The Bertz CT molecular complexity index is 346. The van der Waals surface area contributed by atoms with Crippen LogP contribution in [0.1, 0.15) is 22.8 Å². The molecule has 1 aliphatic carbocycles. The average Bonchev–Trinajstić information content (AvgIpc) is 2.02. The van der Waals surface area contributed by atoms with Crippen molar-refractivity contribution in [3.63, 3.8) is 0 Å². The molecule has 0 bridgehead atoms. The first-order valence-corrected chi connectivity index (χ1v) is 3.84.